The molecule has 5 aliphatic rings. The van der Waals surface area contributed by atoms with Gasteiger partial charge in [0.15, 0.2) is 5.78 Å². The average Bonchev–Trinajstić information content (AvgIpc) is 2.75. The third kappa shape index (κ3) is 2.85. The Labute approximate surface area is 199 Å². The fourth-order valence-electron chi connectivity index (χ4n) is 10.3. The van der Waals surface area contributed by atoms with Gasteiger partial charge < -0.3 is 10.2 Å². The molecule has 9 unspecified atom stereocenters. The summed E-state index contributed by atoms with van der Waals surface area (Å²) in [6, 6.07) is 0. The van der Waals surface area contributed by atoms with Crippen LogP contribution in [0.3, 0.4) is 0 Å². The van der Waals surface area contributed by atoms with Crippen LogP contribution in [0.2, 0.25) is 0 Å². The topological polar surface area (TPSA) is 74.6 Å². The second-order valence-corrected chi connectivity index (χ2v) is 14.0. The summed E-state index contributed by atoms with van der Waals surface area (Å²) in [6.07, 6.45) is 9.11. The van der Waals surface area contributed by atoms with E-state index in [0.29, 0.717) is 24.2 Å². The monoisotopic (exact) mass is 456 g/mol. The lowest BCUT2D eigenvalue weighted by molar-refractivity contribution is -0.235. The summed E-state index contributed by atoms with van der Waals surface area (Å²) < 4.78 is 0. The summed E-state index contributed by atoms with van der Waals surface area (Å²) in [5.41, 5.74) is 2.17. The average molecular weight is 457 g/mol. The van der Waals surface area contributed by atoms with Crippen molar-refractivity contribution in [2.75, 3.05) is 0 Å². The van der Waals surface area contributed by atoms with E-state index in [1.54, 1.807) is 0 Å². The third-order valence-corrected chi connectivity index (χ3v) is 12.8. The lowest BCUT2D eigenvalue weighted by Gasteiger charge is -2.73. The molecule has 5 aliphatic carbocycles. The molecule has 2 N–H and O–H groups in total. The first kappa shape index (κ1) is 23.6. The number of carbonyl (C=O) groups excluding carboxylic acids is 1. The molecule has 0 bridgehead atoms. The number of hydrogen-bond donors (Lipinski definition) is 2. The van der Waals surface area contributed by atoms with E-state index in [4.69, 9.17) is 0 Å². The normalized spacial score (nSPS) is 54.1. The maximum atomic E-state index is 12.5. The quantitative estimate of drug-likeness (QED) is 0.495. The molecular weight excluding hydrogens is 412 g/mol. The standard InChI is InChI=1S/C29H44O4/c1-17-18-7-8-21-27(4,19(18)15-20(30)23(17)31)12-14-29(6)22-16-26(3,24(32)33)10-9-25(22,2)11-13-28(21,29)5/h19-22,30H,7-16H2,1-6H3,(H,32,33). The van der Waals surface area contributed by atoms with Gasteiger partial charge in [-0.3, -0.25) is 9.59 Å². The van der Waals surface area contributed by atoms with Crippen LogP contribution in [0.4, 0.5) is 0 Å². The second kappa shape index (κ2) is 6.95. The molecule has 4 saturated carbocycles. The number of carboxylic acids is 1. The van der Waals surface area contributed by atoms with E-state index in [9.17, 15) is 19.8 Å². The van der Waals surface area contributed by atoms with E-state index < -0.39 is 17.5 Å². The fourth-order valence-corrected chi connectivity index (χ4v) is 10.3. The highest BCUT2D eigenvalue weighted by Crippen LogP contribution is 2.77. The summed E-state index contributed by atoms with van der Waals surface area (Å²) in [6.45, 7) is 13.9. The lowest BCUT2D eigenvalue weighted by Crippen LogP contribution is -2.66. The number of allylic oxidation sites excluding steroid dienone is 1. The van der Waals surface area contributed by atoms with Crippen molar-refractivity contribution in [1.29, 1.82) is 0 Å². The fraction of sp³-hybridized carbons (Fsp3) is 0.862. The smallest absolute Gasteiger partial charge is 0.309 e. The van der Waals surface area contributed by atoms with E-state index in [2.05, 4.69) is 27.7 Å². The number of carboxylic acid groups (broad SMARTS) is 1. The highest BCUT2D eigenvalue weighted by molar-refractivity contribution is 5.99. The number of rotatable bonds is 1. The molecule has 33 heavy (non-hydrogen) atoms. The number of aliphatic carboxylic acids is 1. The number of hydrogen-bond acceptors (Lipinski definition) is 3. The van der Waals surface area contributed by atoms with Crippen LogP contribution in [0.1, 0.15) is 106 Å². The van der Waals surface area contributed by atoms with Crippen LogP contribution >= 0.6 is 0 Å². The molecule has 0 aromatic rings. The van der Waals surface area contributed by atoms with Gasteiger partial charge in [-0.25, -0.2) is 0 Å². The van der Waals surface area contributed by atoms with Crippen molar-refractivity contribution in [2.45, 2.75) is 112 Å². The maximum absolute atomic E-state index is 12.5. The van der Waals surface area contributed by atoms with Crippen molar-refractivity contribution < 1.29 is 19.8 Å². The summed E-state index contributed by atoms with van der Waals surface area (Å²) >= 11 is 0. The minimum atomic E-state index is -0.847. The molecule has 0 heterocycles. The van der Waals surface area contributed by atoms with E-state index in [-0.39, 0.29) is 27.4 Å². The molecule has 4 fully saturated rings. The molecule has 9 atom stereocenters. The Kier molecular flexibility index (Phi) is 4.97. The van der Waals surface area contributed by atoms with Crippen LogP contribution in [0, 0.1) is 44.8 Å². The number of ketones is 1. The first-order valence-corrected chi connectivity index (χ1v) is 13.4. The molecule has 0 aliphatic heterocycles. The van der Waals surface area contributed by atoms with Crippen molar-refractivity contribution >= 4 is 11.8 Å². The molecule has 0 aromatic heterocycles. The minimum Gasteiger partial charge on any atom is -0.481 e. The van der Waals surface area contributed by atoms with Crippen molar-refractivity contribution in [3.63, 3.8) is 0 Å². The van der Waals surface area contributed by atoms with Crippen molar-refractivity contribution in [3.8, 4) is 0 Å². The highest BCUT2D eigenvalue weighted by Gasteiger charge is 2.69. The van der Waals surface area contributed by atoms with Crippen LogP contribution in [-0.2, 0) is 9.59 Å². The van der Waals surface area contributed by atoms with Gasteiger partial charge in [-0.1, -0.05) is 33.3 Å². The van der Waals surface area contributed by atoms with Gasteiger partial charge in [0.2, 0.25) is 0 Å². The number of aliphatic hydroxyl groups excluding tert-OH is 1. The largest absolute Gasteiger partial charge is 0.481 e. The highest BCUT2D eigenvalue weighted by atomic mass is 16.4. The van der Waals surface area contributed by atoms with Gasteiger partial charge in [0.05, 0.1) is 5.41 Å². The van der Waals surface area contributed by atoms with Gasteiger partial charge in [0.1, 0.15) is 6.10 Å². The summed E-state index contributed by atoms with van der Waals surface area (Å²) in [5, 5.41) is 20.7. The molecular formula is C29H44O4. The Morgan fingerprint density at radius 1 is 0.909 bits per heavy atom. The Morgan fingerprint density at radius 2 is 1.52 bits per heavy atom. The number of fused-ring (bicyclic) bond motifs is 7. The molecule has 5 rings (SSSR count). The first-order valence-electron chi connectivity index (χ1n) is 13.4. The van der Waals surface area contributed by atoms with Crippen LogP contribution in [0.25, 0.3) is 0 Å². The van der Waals surface area contributed by atoms with Crippen molar-refractivity contribution in [3.05, 3.63) is 11.1 Å². The van der Waals surface area contributed by atoms with Crippen LogP contribution in [-0.4, -0.2) is 28.1 Å². The zero-order valence-corrected chi connectivity index (χ0v) is 21.6. The summed E-state index contributed by atoms with van der Waals surface area (Å²) in [4.78, 5) is 24.8. The zero-order chi connectivity index (χ0) is 24.2. The van der Waals surface area contributed by atoms with Crippen LogP contribution in [0.15, 0.2) is 11.1 Å². The second-order valence-electron chi connectivity index (χ2n) is 14.0. The first-order chi connectivity index (χ1) is 15.2. The summed E-state index contributed by atoms with van der Waals surface area (Å²) in [7, 11) is 0. The molecule has 4 heteroatoms. The molecule has 0 spiro atoms. The van der Waals surface area contributed by atoms with E-state index in [0.717, 1.165) is 50.5 Å². The third-order valence-electron chi connectivity index (χ3n) is 12.8. The predicted molar refractivity (Wildman–Crippen MR) is 129 cm³/mol. The van der Waals surface area contributed by atoms with Crippen molar-refractivity contribution in [1.82, 2.24) is 0 Å². The Hall–Kier alpha value is -1.16. The lowest BCUT2D eigenvalue weighted by atomic mass is 9.31. The van der Waals surface area contributed by atoms with Gasteiger partial charge in [0.25, 0.3) is 0 Å². The van der Waals surface area contributed by atoms with Gasteiger partial charge >= 0.3 is 5.97 Å². The predicted octanol–water partition coefficient (Wildman–Crippen LogP) is 6.17. The van der Waals surface area contributed by atoms with Crippen LogP contribution in [0.5, 0.6) is 0 Å². The van der Waals surface area contributed by atoms with Crippen LogP contribution < -0.4 is 0 Å². The minimum absolute atomic E-state index is 0.0567. The molecule has 184 valence electrons. The summed E-state index contributed by atoms with van der Waals surface area (Å²) in [5.74, 6) is 0.603. The van der Waals surface area contributed by atoms with E-state index in [1.807, 2.05) is 13.8 Å². The Bertz CT molecular complexity index is 936. The SMILES string of the molecule is CC1=C2CCC3C(C)(CCC4(C)C5CC(C)(C(=O)O)CCC5(C)CCC34C)C2CC(O)C1=O. The van der Waals surface area contributed by atoms with Gasteiger partial charge in [-0.05, 0) is 123 Å². The number of aliphatic hydroxyl groups is 1. The molecule has 0 radical (unpaired) electrons. The van der Waals surface area contributed by atoms with Gasteiger partial charge in [0, 0.05) is 0 Å². The molecule has 4 nitrogen and oxygen atoms in total. The van der Waals surface area contributed by atoms with E-state index in [1.165, 1.54) is 18.4 Å². The number of Topliss-reactive ketones (excluding diaryl/α,β-unsaturated/α-hetero) is 1. The zero-order valence-electron chi connectivity index (χ0n) is 21.6. The number of carbonyl (C=O) groups is 2. The van der Waals surface area contributed by atoms with Crippen molar-refractivity contribution in [2.24, 2.45) is 44.8 Å². The Balaban J connectivity index is 1.56. The molecule has 0 amide bonds. The van der Waals surface area contributed by atoms with E-state index >= 15 is 0 Å². The van der Waals surface area contributed by atoms with Gasteiger partial charge in [-0.2, -0.15) is 0 Å². The maximum Gasteiger partial charge on any atom is 0.309 e. The molecule has 0 saturated heterocycles. The molecule has 0 aromatic carbocycles. The Morgan fingerprint density at radius 3 is 2.18 bits per heavy atom. The van der Waals surface area contributed by atoms with Gasteiger partial charge in [-0.15, -0.1) is 0 Å².